The minimum Gasteiger partial charge on any atom is -0.497 e. The molecule has 1 atom stereocenters. The molecule has 0 spiro atoms. The van der Waals surface area contributed by atoms with E-state index in [0.29, 0.717) is 0 Å². The number of pyridine rings is 1. The Morgan fingerprint density at radius 1 is 1.09 bits per heavy atom. The van der Waals surface area contributed by atoms with Crippen molar-refractivity contribution in [3.8, 4) is 5.75 Å². The average molecular weight is 469 g/mol. The van der Waals surface area contributed by atoms with Crippen molar-refractivity contribution in [3.05, 3.63) is 95.9 Å². The van der Waals surface area contributed by atoms with Gasteiger partial charge in [0.1, 0.15) is 5.75 Å². The predicted molar refractivity (Wildman–Crippen MR) is 138 cm³/mol. The number of aromatic amines is 1. The number of hydrogen-bond acceptors (Lipinski definition) is 4. The fraction of sp³-hybridized carbons (Fsp3) is 0.310. The van der Waals surface area contributed by atoms with Crippen LogP contribution in [0.2, 0.25) is 0 Å². The van der Waals surface area contributed by atoms with Gasteiger partial charge < -0.3 is 19.9 Å². The molecule has 0 saturated carbocycles. The summed E-state index contributed by atoms with van der Waals surface area (Å²) in [6.45, 7) is 2.90. The van der Waals surface area contributed by atoms with Gasteiger partial charge in [0.2, 0.25) is 5.91 Å². The van der Waals surface area contributed by atoms with Gasteiger partial charge in [-0.1, -0.05) is 36.4 Å². The van der Waals surface area contributed by atoms with E-state index in [-0.39, 0.29) is 17.9 Å². The topological polar surface area (TPSA) is 70.2 Å². The van der Waals surface area contributed by atoms with Crippen LogP contribution in [0.5, 0.6) is 5.75 Å². The standard InChI is InChI=1S/C29H32N4O2/c1-35-24-11-9-21(10-12-24)28(27-8-4-5-16-30-27)32-29(34)22-13-17-33(18-14-22)19-15-23-20-31-26-7-3-2-6-25(23)26/h2-12,16,20,22,28,31H,13-15,17-19H2,1H3,(H,32,34). The zero-order valence-corrected chi connectivity index (χ0v) is 20.1. The first-order valence-corrected chi connectivity index (χ1v) is 12.3. The van der Waals surface area contributed by atoms with Gasteiger partial charge in [0.25, 0.3) is 0 Å². The second-order valence-corrected chi connectivity index (χ2v) is 9.19. The number of aromatic nitrogens is 2. The van der Waals surface area contributed by atoms with Crippen LogP contribution in [0.25, 0.3) is 10.9 Å². The number of methoxy groups -OCH3 is 1. The van der Waals surface area contributed by atoms with E-state index in [0.717, 1.165) is 55.9 Å². The number of carbonyl (C=O) groups excluding carboxylic acids is 1. The zero-order chi connectivity index (χ0) is 24.0. The molecule has 6 nitrogen and oxygen atoms in total. The molecule has 1 fully saturated rings. The lowest BCUT2D eigenvalue weighted by atomic mass is 9.94. The van der Waals surface area contributed by atoms with Gasteiger partial charge in [-0.25, -0.2) is 0 Å². The van der Waals surface area contributed by atoms with Crippen molar-refractivity contribution in [2.45, 2.75) is 25.3 Å². The van der Waals surface area contributed by atoms with Gasteiger partial charge in [-0.05, 0) is 73.8 Å². The number of piperidine rings is 1. The molecule has 6 heteroatoms. The largest absolute Gasteiger partial charge is 0.497 e. The lowest BCUT2D eigenvalue weighted by Gasteiger charge is -2.32. The Hall–Kier alpha value is -3.64. The molecule has 2 aromatic heterocycles. The number of nitrogens with zero attached hydrogens (tertiary/aromatic N) is 2. The lowest BCUT2D eigenvalue weighted by Crippen LogP contribution is -2.42. The Labute approximate surface area is 206 Å². The molecule has 1 aliphatic rings. The predicted octanol–water partition coefficient (Wildman–Crippen LogP) is 4.73. The van der Waals surface area contributed by atoms with E-state index in [4.69, 9.17) is 4.74 Å². The van der Waals surface area contributed by atoms with Gasteiger partial charge in [-0.3, -0.25) is 9.78 Å². The maximum absolute atomic E-state index is 13.3. The summed E-state index contributed by atoms with van der Waals surface area (Å²) in [6, 6.07) is 21.8. The quantitative estimate of drug-likeness (QED) is 0.392. The van der Waals surface area contributed by atoms with Crippen molar-refractivity contribution >= 4 is 16.8 Å². The summed E-state index contributed by atoms with van der Waals surface area (Å²) in [5.41, 5.74) is 4.38. The molecule has 2 N–H and O–H groups in total. The number of rotatable bonds is 8. The minimum absolute atomic E-state index is 0.0174. The van der Waals surface area contributed by atoms with Crippen LogP contribution in [0, 0.1) is 5.92 Å². The molecule has 1 aliphatic heterocycles. The van der Waals surface area contributed by atoms with Gasteiger partial charge >= 0.3 is 0 Å². The van der Waals surface area contributed by atoms with Crippen LogP contribution in [-0.4, -0.2) is 47.5 Å². The second-order valence-electron chi connectivity index (χ2n) is 9.19. The Morgan fingerprint density at radius 3 is 2.60 bits per heavy atom. The van der Waals surface area contributed by atoms with Gasteiger partial charge in [0.05, 0.1) is 18.8 Å². The third-order valence-corrected chi connectivity index (χ3v) is 7.05. The van der Waals surface area contributed by atoms with Crippen molar-refractivity contribution in [1.29, 1.82) is 0 Å². The number of amides is 1. The van der Waals surface area contributed by atoms with E-state index >= 15 is 0 Å². The molecule has 5 rings (SSSR count). The third-order valence-electron chi connectivity index (χ3n) is 7.05. The van der Waals surface area contributed by atoms with Crippen LogP contribution >= 0.6 is 0 Å². The van der Waals surface area contributed by atoms with Crippen LogP contribution in [0.4, 0.5) is 0 Å². The number of hydrogen-bond donors (Lipinski definition) is 2. The van der Waals surface area contributed by atoms with Crippen molar-refractivity contribution < 1.29 is 9.53 Å². The van der Waals surface area contributed by atoms with Crippen LogP contribution in [0.15, 0.2) is 79.1 Å². The van der Waals surface area contributed by atoms with Crippen molar-refractivity contribution in [2.24, 2.45) is 5.92 Å². The zero-order valence-electron chi connectivity index (χ0n) is 20.1. The molecule has 0 bridgehead atoms. The summed E-state index contributed by atoms with van der Waals surface area (Å²) < 4.78 is 5.30. The lowest BCUT2D eigenvalue weighted by molar-refractivity contribution is -0.127. The smallest absolute Gasteiger partial charge is 0.224 e. The van der Waals surface area contributed by atoms with E-state index in [1.807, 2.05) is 42.5 Å². The highest BCUT2D eigenvalue weighted by molar-refractivity contribution is 5.83. The first kappa shape index (κ1) is 23.1. The van der Waals surface area contributed by atoms with Crippen LogP contribution in [0.1, 0.15) is 35.7 Å². The number of para-hydroxylation sites is 1. The number of likely N-dealkylation sites (tertiary alicyclic amines) is 1. The highest BCUT2D eigenvalue weighted by Gasteiger charge is 2.28. The van der Waals surface area contributed by atoms with Crippen molar-refractivity contribution in [2.75, 3.05) is 26.7 Å². The normalized spacial score (nSPS) is 15.7. The highest BCUT2D eigenvalue weighted by atomic mass is 16.5. The maximum Gasteiger partial charge on any atom is 0.224 e. The molecule has 0 aliphatic carbocycles. The Balaban J connectivity index is 1.19. The fourth-order valence-electron chi connectivity index (χ4n) is 4.97. The molecular formula is C29H32N4O2. The van der Waals surface area contributed by atoms with Crippen LogP contribution < -0.4 is 10.1 Å². The summed E-state index contributed by atoms with van der Waals surface area (Å²) >= 11 is 0. The minimum atomic E-state index is -0.283. The number of ether oxygens (including phenoxy) is 1. The van der Waals surface area contributed by atoms with E-state index in [2.05, 4.69) is 50.6 Å². The first-order chi connectivity index (χ1) is 17.2. The van der Waals surface area contributed by atoms with E-state index < -0.39 is 0 Å². The third kappa shape index (κ3) is 5.38. The summed E-state index contributed by atoms with van der Waals surface area (Å²) in [7, 11) is 1.65. The van der Waals surface area contributed by atoms with Gasteiger partial charge in [-0.2, -0.15) is 0 Å². The van der Waals surface area contributed by atoms with E-state index in [1.54, 1.807) is 13.3 Å². The average Bonchev–Trinajstić information content (AvgIpc) is 3.34. The van der Waals surface area contributed by atoms with E-state index in [1.165, 1.54) is 16.5 Å². The monoisotopic (exact) mass is 468 g/mol. The van der Waals surface area contributed by atoms with Crippen molar-refractivity contribution in [1.82, 2.24) is 20.2 Å². The van der Waals surface area contributed by atoms with Crippen LogP contribution in [0.3, 0.4) is 0 Å². The number of fused-ring (bicyclic) bond motifs is 1. The number of benzene rings is 2. The summed E-state index contributed by atoms with van der Waals surface area (Å²) in [4.78, 5) is 23.7. The second kappa shape index (κ2) is 10.7. The van der Waals surface area contributed by atoms with Crippen LogP contribution in [-0.2, 0) is 11.2 Å². The highest BCUT2D eigenvalue weighted by Crippen LogP contribution is 2.26. The number of carbonyl (C=O) groups is 1. The van der Waals surface area contributed by atoms with Crippen molar-refractivity contribution in [3.63, 3.8) is 0 Å². The number of H-pyrrole nitrogens is 1. The Morgan fingerprint density at radius 2 is 1.86 bits per heavy atom. The molecule has 4 aromatic rings. The summed E-state index contributed by atoms with van der Waals surface area (Å²) in [5.74, 6) is 0.913. The molecule has 1 amide bonds. The molecule has 0 radical (unpaired) electrons. The van der Waals surface area contributed by atoms with Gasteiger partial charge in [-0.15, -0.1) is 0 Å². The molecule has 35 heavy (non-hydrogen) atoms. The van der Waals surface area contributed by atoms with E-state index in [9.17, 15) is 4.79 Å². The molecule has 1 saturated heterocycles. The van der Waals surface area contributed by atoms with Gasteiger partial charge in [0, 0.05) is 35.8 Å². The fourth-order valence-corrected chi connectivity index (χ4v) is 4.97. The Bertz CT molecular complexity index is 1240. The molecule has 3 heterocycles. The number of nitrogens with one attached hydrogen (secondary N) is 2. The molecule has 1 unspecified atom stereocenters. The Kier molecular flexibility index (Phi) is 7.09. The SMILES string of the molecule is COc1ccc(C(NC(=O)C2CCN(CCc3c[nH]c4ccccc34)CC2)c2ccccn2)cc1. The summed E-state index contributed by atoms with van der Waals surface area (Å²) in [6.07, 6.45) is 6.65. The van der Waals surface area contributed by atoms with Gasteiger partial charge in [0.15, 0.2) is 0 Å². The molecule has 180 valence electrons. The molecule has 2 aromatic carbocycles. The maximum atomic E-state index is 13.3. The first-order valence-electron chi connectivity index (χ1n) is 12.3. The summed E-state index contributed by atoms with van der Waals surface area (Å²) in [5, 5.41) is 4.59. The molecular weight excluding hydrogens is 436 g/mol.